The molecule has 4 rings (SSSR count). The molecule has 1 N–H and O–H groups in total. The lowest BCUT2D eigenvalue weighted by molar-refractivity contribution is -0.135. The molecule has 0 bridgehead atoms. The molecule has 2 unspecified atom stereocenters. The summed E-state index contributed by atoms with van der Waals surface area (Å²) >= 11 is 12.2. The zero-order chi connectivity index (χ0) is 19.1. The van der Waals surface area contributed by atoms with Crippen molar-refractivity contribution in [3.8, 4) is 0 Å². The summed E-state index contributed by atoms with van der Waals surface area (Å²) in [5.41, 5.74) is 3.00. The summed E-state index contributed by atoms with van der Waals surface area (Å²) in [7, 11) is 0. The van der Waals surface area contributed by atoms with E-state index >= 15 is 0 Å². The first-order chi connectivity index (χ1) is 12.9. The number of ether oxygens (including phenoxy) is 1. The Balaban J connectivity index is 1.76. The number of aliphatic hydroxyl groups excluding tert-OH is 1. The van der Waals surface area contributed by atoms with E-state index in [1.54, 1.807) is 6.07 Å². The first kappa shape index (κ1) is 18.1. The number of nitrogens with zero attached hydrogens (tertiary/aromatic N) is 1. The van der Waals surface area contributed by atoms with Gasteiger partial charge in [0.15, 0.2) is 0 Å². The SMILES string of the molecule is C=C1C(=O)OCC1C(O)c1cn(Cc2ccc(Cl)cc2)c2cc(Cl)ccc12. The van der Waals surface area contributed by atoms with E-state index in [1.165, 1.54) is 0 Å². The molecular formula is C21H17Cl2NO3. The summed E-state index contributed by atoms with van der Waals surface area (Å²) in [5, 5.41) is 13.1. The van der Waals surface area contributed by atoms with Gasteiger partial charge in [0, 0.05) is 39.3 Å². The Hall–Kier alpha value is -2.27. The topological polar surface area (TPSA) is 51.5 Å². The number of aliphatic hydroxyl groups is 1. The molecule has 0 spiro atoms. The van der Waals surface area contributed by atoms with Gasteiger partial charge in [-0.25, -0.2) is 4.79 Å². The van der Waals surface area contributed by atoms with Crippen LogP contribution in [-0.4, -0.2) is 22.2 Å². The lowest BCUT2D eigenvalue weighted by Gasteiger charge is -2.15. The van der Waals surface area contributed by atoms with E-state index in [0.29, 0.717) is 22.2 Å². The van der Waals surface area contributed by atoms with Gasteiger partial charge in [0.05, 0.1) is 17.5 Å². The molecule has 1 aromatic heterocycles. The molecule has 1 saturated heterocycles. The number of halogens is 2. The van der Waals surface area contributed by atoms with Crippen molar-refractivity contribution in [2.45, 2.75) is 12.6 Å². The fourth-order valence-corrected chi connectivity index (χ4v) is 3.75. The lowest BCUT2D eigenvalue weighted by Crippen LogP contribution is -2.14. The molecule has 1 aliphatic rings. The second kappa shape index (κ2) is 7.04. The lowest BCUT2D eigenvalue weighted by atomic mass is 9.92. The summed E-state index contributed by atoms with van der Waals surface area (Å²) in [6.45, 7) is 4.50. The summed E-state index contributed by atoms with van der Waals surface area (Å²) in [4.78, 5) is 11.6. The van der Waals surface area contributed by atoms with E-state index in [0.717, 1.165) is 22.0 Å². The fraction of sp³-hybridized carbons (Fsp3) is 0.190. The molecule has 0 saturated carbocycles. The molecule has 2 heterocycles. The van der Waals surface area contributed by atoms with Crippen LogP contribution in [0.5, 0.6) is 0 Å². The first-order valence-corrected chi connectivity index (χ1v) is 9.26. The summed E-state index contributed by atoms with van der Waals surface area (Å²) < 4.78 is 7.06. The number of hydrogen-bond acceptors (Lipinski definition) is 3. The van der Waals surface area contributed by atoms with Gasteiger partial charge in [-0.2, -0.15) is 0 Å². The van der Waals surface area contributed by atoms with Gasteiger partial charge >= 0.3 is 5.97 Å². The maximum absolute atomic E-state index is 11.6. The van der Waals surface area contributed by atoms with E-state index in [-0.39, 0.29) is 6.61 Å². The van der Waals surface area contributed by atoms with E-state index < -0.39 is 18.0 Å². The number of esters is 1. The summed E-state index contributed by atoms with van der Waals surface area (Å²) in [6, 6.07) is 13.1. The standard InChI is InChI=1S/C21H17Cl2NO3/c1-12-18(11-27-21(12)26)20(25)17-10-24(9-13-2-4-14(22)5-3-13)19-8-15(23)6-7-16(17)19/h2-8,10,18,20,25H,1,9,11H2. The number of fused-ring (bicyclic) bond motifs is 1. The smallest absolute Gasteiger partial charge is 0.333 e. The van der Waals surface area contributed by atoms with E-state index in [1.807, 2.05) is 47.2 Å². The second-order valence-electron chi connectivity index (χ2n) is 6.68. The number of carbonyl (C=O) groups excluding carboxylic acids is 1. The number of hydrogen-bond donors (Lipinski definition) is 1. The maximum Gasteiger partial charge on any atom is 0.333 e. The number of aromatic nitrogens is 1. The van der Waals surface area contributed by atoms with Gasteiger partial charge in [-0.1, -0.05) is 48.0 Å². The van der Waals surface area contributed by atoms with Crippen molar-refractivity contribution in [1.29, 1.82) is 0 Å². The average Bonchev–Trinajstić information content (AvgIpc) is 3.17. The number of cyclic esters (lactones) is 1. The predicted octanol–water partition coefficient (Wildman–Crippen LogP) is 4.76. The molecule has 0 amide bonds. The largest absolute Gasteiger partial charge is 0.462 e. The van der Waals surface area contributed by atoms with Gasteiger partial charge in [-0.3, -0.25) is 0 Å². The third-order valence-corrected chi connectivity index (χ3v) is 5.43. The normalized spacial score (nSPS) is 18.1. The third-order valence-electron chi connectivity index (χ3n) is 4.94. The van der Waals surface area contributed by atoms with Gasteiger partial charge < -0.3 is 14.4 Å². The minimum absolute atomic E-state index is 0.135. The zero-order valence-electron chi connectivity index (χ0n) is 14.4. The van der Waals surface area contributed by atoms with Gasteiger partial charge in [0.2, 0.25) is 0 Å². The highest BCUT2D eigenvalue weighted by Crippen LogP contribution is 2.37. The molecular weight excluding hydrogens is 385 g/mol. The Bertz CT molecular complexity index is 1040. The third kappa shape index (κ3) is 3.36. The van der Waals surface area contributed by atoms with Crippen molar-refractivity contribution < 1.29 is 14.6 Å². The molecule has 6 heteroatoms. The van der Waals surface area contributed by atoms with Crippen LogP contribution >= 0.6 is 23.2 Å². The molecule has 0 aliphatic carbocycles. The Labute approximate surface area is 166 Å². The number of benzene rings is 2. The van der Waals surface area contributed by atoms with Gasteiger partial charge in [0.25, 0.3) is 0 Å². The quantitative estimate of drug-likeness (QED) is 0.506. The Morgan fingerprint density at radius 3 is 2.56 bits per heavy atom. The van der Waals surface area contributed by atoms with Crippen molar-refractivity contribution in [2.75, 3.05) is 6.61 Å². The molecule has 3 aromatic rings. The molecule has 1 fully saturated rings. The van der Waals surface area contributed by atoms with E-state index in [4.69, 9.17) is 27.9 Å². The van der Waals surface area contributed by atoms with Crippen molar-refractivity contribution in [2.24, 2.45) is 5.92 Å². The summed E-state index contributed by atoms with van der Waals surface area (Å²) in [6.07, 6.45) is 1.01. The number of carbonyl (C=O) groups is 1. The minimum atomic E-state index is -0.890. The van der Waals surface area contributed by atoms with Crippen LogP contribution in [0.15, 0.2) is 60.8 Å². The second-order valence-corrected chi connectivity index (χ2v) is 7.55. The molecule has 138 valence electrons. The van der Waals surface area contributed by atoms with E-state index in [2.05, 4.69) is 6.58 Å². The fourth-order valence-electron chi connectivity index (χ4n) is 3.46. The minimum Gasteiger partial charge on any atom is -0.462 e. The molecule has 27 heavy (non-hydrogen) atoms. The Kier molecular flexibility index (Phi) is 4.72. The number of rotatable bonds is 4. The molecule has 2 atom stereocenters. The predicted molar refractivity (Wildman–Crippen MR) is 106 cm³/mol. The van der Waals surface area contributed by atoms with Crippen LogP contribution in [0.4, 0.5) is 0 Å². The van der Waals surface area contributed by atoms with Gasteiger partial charge in [0.1, 0.15) is 6.61 Å². The van der Waals surface area contributed by atoms with Crippen LogP contribution in [-0.2, 0) is 16.1 Å². The first-order valence-electron chi connectivity index (χ1n) is 8.51. The van der Waals surface area contributed by atoms with Crippen LogP contribution in [0, 0.1) is 5.92 Å². The summed E-state index contributed by atoms with van der Waals surface area (Å²) in [5.74, 6) is -0.908. The van der Waals surface area contributed by atoms with Crippen molar-refractivity contribution in [3.63, 3.8) is 0 Å². The average molecular weight is 402 g/mol. The van der Waals surface area contributed by atoms with Crippen molar-refractivity contribution in [3.05, 3.63) is 82.0 Å². The maximum atomic E-state index is 11.6. The van der Waals surface area contributed by atoms with Crippen LogP contribution in [0.3, 0.4) is 0 Å². The highest BCUT2D eigenvalue weighted by molar-refractivity contribution is 6.31. The Morgan fingerprint density at radius 2 is 1.89 bits per heavy atom. The van der Waals surface area contributed by atoms with Crippen molar-refractivity contribution in [1.82, 2.24) is 4.57 Å². The molecule has 4 nitrogen and oxygen atoms in total. The van der Waals surface area contributed by atoms with Crippen LogP contribution in [0.25, 0.3) is 10.9 Å². The molecule has 2 aromatic carbocycles. The van der Waals surface area contributed by atoms with Crippen LogP contribution in [0.1, 0.15) is 17.2 Å². The van der Waals surface area contributed by atoms with Crippen LogP contribution in [0.2, 0.25) is 10.0 Å². The monoisotopic (exact) mass is 401 g/mol. The van der Waals surface area contributed by atoms with E-state index in [9.17, 15) is 9.90 Å². The highest BCUT2D eigenvalue weighted by atomic mass is 35.5. The molecule has 0 radical (unpaired) electrons. The Morgan fingerprint density at radius 1 is 1.19 bits per heavy atom. The highest BCUT2D eigenvalue weighted by Gasteiger charge is 2.36. The van der Waals surface area contributed by atoms with Crippen LogP contribution < -0.4 is 0 Å². The zero-order valence-corrected chi connectivity index (χ0v) is 15.9. The van der Waals surface area contributed by atoms with Gasteiger partial charge in [-0.05, 0) is 29.8 Å². The van der Waals surface area contributed by atoms with Crippen molar-refractivity contribution >= 4 is 40.1 Å². The molecule has 1 aliphatic heterocycles. The van der Waals surface area contributed by atoms with Gasteiger partial charge in [-0.15, -0.1) is 0 Å².